The van der Waals surface area contributed by atoms with Crippen molar-refractivity contribution in [1.29, 1.82) is 0 Å². The van der Waals surface area contributed by atoms with E-state index in [0.717, 1.165) is 22.0 Å². The van der Waals surface area contributed by atoms with Crippen LogP contribution in [-0.4, -0.2) is 32.2 Å². The third-order valence-electron chi connectivity index (χ3n) is 5.66. The molecule has 0 unspecified atom stereocenters. The molecule has 6 heteroatoms. The number of amides is 1. The van der Waals surface area contributed by atoms with Gasteiger partial charge in [0, 0.05) is 17.5 Å². The van der Waals surface area contributed by atoms with Crippen molar-refractivity contribution < 1.29 is 19.0 Å². The molecule has 0 atom stereocenters. The predicted octanol–water partition coefficient (Wildman–Crippen LogP) is 5.47. The van der Waals surface area contributed by atoms with E-state index in [4.69, 9.17) is 19.2 Å². The Hall–Kier alpha value is -4.06. The third kappa shape index (κ3) is 4.66. The van der Waals surface area contributed by atoms with Gasteiger partial charge in [-0.3, -0.25) is 4.79 Å². The number of methoxy groups -OCH3 is 3. The minimum Gasteiger partial charge on any atom is -0.493 e. The van der Waals surface area contributed by atoms with Crippen molar-refractivity contribution in [3.05, 3.63) is 82.9 Å². The molecule has 0 spiro atoms. The van der Waals surface area contributed by atoms with Crippen LogP contribution in [0.2, 0.25) is 0 Å². The van der Waals surface area contributed by atoms with E-state index in [1.54, 1.807) is 27.4 Å². The number of hydrogen-bond donors (Lipinski definition) is 1. The maximum absolute atomic E-state index is 13.3. The van der Waals surface area contributed by atoms with Gasteiger partial charge in [-0.25, -0.2) is 4.98 Å². The quantitative estimate of drug-likeness (QED) is 0.399. The lowest BCUT2D eigenvalue weighted by atomic mass is 10.0. The summed E-state index contributed by atoms with van der Waals surface area (Å²) in [4.78, 5) is 18.1. The second kappa shape index (κ2) is 9.83. The van der Waals surface area contributed by atoms with Gasteiger partial charge in [-0.05, 0) is 43.7 Å². The number of aromatic nitrogens is 1. The number of carbonyl (C=O) groups is 1. The van der Waals surface area contributed by atoms with Crippen molar-refractivity contribution in [2.24, 2.45) is 0 Å². The van der Waals surface area contributed by atoms with Crippen LogP contribution in [-0.2, 0) is 6.54 Å². The van der Waals surface area contributed by atoms with Gasteiger partial charge >= 0.3 is 0 Å². The number of nitrogens with one attached hydrogen (secondary N) is 1. The summed E-state index contributed by atoms with van der Waals surface area (Å²) in [6, 6.07) is 19.4. The highest BCUT2D eigenvalue weighted by atomic mass is 16.5. The Morgan fingerprint density at radius 1 is 0.853 bits per heavy atom. The fraction of sp³-hybridized carbons (Fsp3) is 0.214. The molecule has 174 valence electrons. The lowest BCUT2D eigenvalue weighted by Gasteiger charge is -2.15. The summed E-state index contributed by atoms with van der Waals surface area (Å²) < 4.78 is 16.4. The SMILES string of the molecule is COc1cc(-c2cc(C(=O)NCc3cc(C)cc(C)c3)c3ccccc3n2)cc(OC)c1OC. The fourth-order valence-corrected chi connectivity index (χ4v) is 4.19. The minimum atomic E-state index is -0.161. The highest BCUT2D eigenvalue weighted by Crippen LogP contribution is 2.41. The van der Waals surface area contributed by atoms with Gasteiger partial charge in [0.25, 0.3) is 5.91 Å². The number of benzene rings is 3. The smallest absolute Gasteiger partial charge is 0.252 e. The molecule has 1 N–H and O–H groups in total. The summed E-state index contributed by atoms with van der Waals surface area (Å²) in [7, 11) is 4.70. The molecule has 0 radical (unpaired) electrons. The largest absolute Gasteiger partial charge is 0.493 e. The maximum Gasteiger partial charge on any atom is 0.252 e. The average molecular weight is 457 g/mol. The Kier molecular flexibility index (Phi) is 6.68. The summed E-state index contributed by atoms with van der Waals surface area (Å²) in [5.41, 5.74) is 6.07. The molecular weight excluding hydrogens is 428 g/mol. The molecule has 4 aromatic rings. The number of carbonyl (C=O) groups excluding carboxylic acids is 1. The highest BCUT2D eigenvalue weighted by Gasteiger charge is 2.18. The van der Waals surface area contributed by atoms with Crippen molar-refractivity contribution in [1.82, 2.24) is 10.3 Å². The monoisotopic (exact) mass is 456 g/mol. The van der Waals surface area contributed by atoms with Gasteiger partial charge in [-0.2, -0.15) is 0 Å². The molecule has 1 heterocycles. The van der Waals surface area contributed by atoms with Gasteiger partial charge in [0.2, 0.25) is 5.75 Å². The lowest BCUT2D eigenvalue weighted by Crippen LogP contribution is -2.23. The van der Waals surface area contributed by atoms with Crippen LogP contribution < -0.4 is 19.5 Å². The normalized spacial score (nSPS) is 10.7. The molecule has 4 rings (SSSR count). The Bertz CT molecular complexity index is 1320. The van der Waals surface area contributed by atoms with Gasteiger partial charge in [0.15, 0.2) is 11.5 Å². The van der Waals surface area contributed by atoms with E-state index in [1.165, 1.54) is 11.1 Å². The number of pyridine rings is 1. The molecule has 0 aliphatic heterocycles. The number of fused-ring (bicyclic) bond motifs is 1. The lowest BCUT2D eigenvalue weighted by molar-refractivity contribution is 0.0952. The van der Waals surface area contributed by atoms with Crippen LogP contribution in [0.5, 0.6) is 17.2 Å². The molecule has 3 aromatic carbocycles. The van der Waals surface area contributed by atoms with Gasteiger partial charge in [0.05, 0.1) is 38.1 Å². The zero-order valence-corrected chi connectivity index (χ0v) is 20.1. The molecule has 0 aliphatic carbocycles. The van der Waals surface area contributed by atoms with Crippen LogP contribution in [0.1, 0.15) is 27.0 Å². The van der Waals surface area contributed by atoms with E-state index in [9.17, 15) is 4.79 Å². The molecule has 0 fully saturated rings. The Balaban J connectivity index is 1.76. The summed E-state index contributed by atoms with van der Waals surface area (Å²) in [5.74, 6) is 1.38. The van der Waals surface area contributed by atoms with E-state index in [-0.39, 0.29) is 5.91 Å². The first-order valence-corrected chi connectivity index (χ1v) is 11.0. The van der Waals surface area contributed by atoms with Crippen molar-refractivity contribution in [2.75, 3.05) is 21.3 Å². The van der Waals surface area contributed by atoms with Crippen molar-refractivity contribution in [3.63, 3.8) is 0 Å². The van der Waals surface area contributed by atoms with Gasteiger partial charge in [-0.1, -0.05) is 47.5 Å². The molecule has 0 aliphatic rings. The predicted molar refractivity (Wildman–Crippen MR) is 134 cm³/mol. The molecular formula is C28H28N2O4. The van der Waals surface area contributed by atoms with Crippen LogP contribution >= 0.6 is 0 Å². The topological polar surface area (TPSA) is 69.7 Å². The Morgan fingerprint density at radius 3 is 2.12 bits per heavy atom. The molecule has 6 nitrogen and oxygen atoms in total. The van der Waals surface area contributed by atoms with Gasteiger partial charge < -0.3 is 19.5 Å². The molecule has 0 saturated heterocycles. The van der Waals surface area contributed by atoms with Crippen molar-refractivity contribution in [2.45, 2.75) is 20.4 Å². The second-order valence-corrected chi connectivity index (χ2v) is 8.16. The van der Waals surface area contributed by atoms with Crippen LogP contribution in [0.25, 0.3) is 22.2 Å². The average Bonchev–Trinajstić information content (AvgIpc) is 2.85. The second-order valence-electron chi connectivity index (χ2n) is 8.16. The van der Waals surface area contributed by atoms with E-state index >= 15 is 0 Å². The summed E-state index contributed by atoms with van der Waals surface area (Å²) in [6.45, 7) is 4.55. The summed E-state index contributed by atoms with van der Waals surface area (Å²) >= 11 is 0. The number of para-hydroxylation sites is 1. The first-order chi connectivity index (χ1) is 16.4. The summed E-state index contributed by atoms with van der Waals surface area (Å²) in [5, 5.41) is 3.86. The van der Waals surface area contributed by atoms with Crippen molar-refractivity contribution >= 4 is 16.8 Å². The van der Waals surface area contributed by atoms with E-state index in [1.807, 2.05) is 36.4 Å². The maximum atomic E-state index is 13.3. The molecule has 1 amide bonds. The highest BCUT2D eigenvalue weighted by molar-refractivity contribution is 6.07. The zero-order chi connectivity index (χ0) is 24.2. The van der Waals surface area contributed by atoms with E-state index < -0.39 is 0 Å². The first-order valence-electron chi connectivity index (χ1n) is 11.0. The minimum absolute atomic E-state index is 0.161. The van der Waals surface area contributed by atoms with Crippen molar-refractivity contribution in [3.8, 4) is 28.5 Å². The van der Waals surface area contributed by atoms with Crippen LogP contribution in [0.3, 0.4) is 0 Å². The number of ether oxygens (including phenoxy) is 3. The summed E-state index contributed by atoms with van der Waals surface area (Å²) in [6.07, 6.45) is 0. The fourth-order valence-electron chi connectivity index (χ4n) is 4.19. The van der Waals surface area contributed by atoms with E-state index in [2.05, 4.69) is 37.4 Å². The molecule has 1 aromatic heterocycles. The molecule has 0 saturated carbocycles. The van der Waals surface area contributed by atoms with E-state index in [0.29, 0.717) is 35.1 Å². The van der Waals surface area contributed by atoms with Gasteiger partial charge in [0.1, 0.15) is 0 Å². The molecule has 34 heavy (non-hydrogen) atoms. The number of hydrogen-bond acceptors (Lipinski definition) is 5. The number of rotatable bonds is 7. The first kappa shape index (κ1) is 23.1. The van der Waals surface area contributed by atoms with Gasteiger partial charge in [-0.15, -0.1) is 0 Å². The Labute approximate surface area is 199 Å². The Morgan fingerprint density at radius 2 is 1.50 bits per heavy atom. The number of nitrogens with zero attached hydrogens (tertiary/aromatic N) is 1. The standard InChI is InChI=1S/C28H28N2O4/c1-17-10-18(2)12-19(11-17)16-29-28(31)22-15-24(30-23-9-7-6-8-21(22)23)20-13-25(32-3)27(34-5)26(14-20)33-4/h6-15H,16H2,1-5H3,(H,29,31). The third-order valence-corrected chi connectivity index (χ3v) is 5.66. The number of aryl methyl sites for hydroxylation is 2. The molecule has 0 bridgehead atoms. The van der Waals surface area contributed by atoms with Crippen LogP contribution in [0, 0.1) is 13.8 Å². The van der Waals surface area contributed by atoms with Crippen LogP contribution in [0.4, 0.5) is 0 Å². The van der Waals surface area contributed by atoms with Crippen LogP contribution in [0.15, 0.2) is 60.7 Å². The zero-order valence-electron chi connectivity index (χ0n) is 20.1.